The van der Waals surface area contributed by atoms with E-state index in [0.29, 0.717) is 43.5 Å². The average molecular weight is 417 g/mol. The van der Waals surface area contributed by atoms with Gasteiger partial charge in [-0.1, -0.05) is 0 Å². The predicted molar refractivity (Wildman–Crippen MR) is 107 cm³/mol. The lowest BCUT2D eigenvalue weighted by Crippen LogP contribution is -2.47. The summed E-state index contributed by atoms with van der Waals surface area (Å²) in [5.74, 6) is 2.13. The number of aromatic nitrogens is 5. The molecule has 0 bridgehead atoms. The quantitative estimate of drug-likeness (QED) is 0.652. The minimum atomic E-state index is -4.45. The number of hydrogen-bond acceptors (Lipinski definition) is 6. The molecule has 0 unspecified atom stereocenters. The molecule has 0 saturated carbocycles. The Kier molecular flexibility index (Phi) is 5.08. The van der Waals surface area contributed by atoms with Crippen LogP contribution in [0.5, 0.6) is 0 Å². The van der Waals surface area contributed by atoms with Crippen LogP contribution in [0.25, 0.3) is 5.82 Å². The summed E-state index contributed by atoms with van der Waals surface area (Å²) >= 11 is 0. The summed E-state index contributed by atoms with van der Waals surface area (Å²) in [6.07, 6.45) is -3.24. The van der Waals surface area contributed by atoms with E-state index >= 15 is 0 Å². The zero-order valence-corrected chi connectivity index (χ0v) is 17.0. The van der Waals surface area contributed by atoms with E-state index in [4.69, 9.17) is 0 Å². The molecule has 0 spiro atoms. The van der Waals surface area contributed by atoms with Gasteiger partial charge in [-0.3, -0.25) is 4.98 Å². The topological polar surface area (TPSA) is 63.0 Å². The Balaban J connectivity index is 1.52. The van der Waals surface area contributed by atoms with Crippen molar-refractivity contribution in [2.75, 3.05) is 36.0 Å². The van der Waals surface area contributed by atoms with E-state index in [0.717, 1.165) is 23.3 Å². The molecule has 1 fully saturated rings. The van der Waals surface area contributed by atoms with Crippen molar-refractivity contribution in [3.8, 4) is 5.82 Å². The third kappa shape index (κ3) is 4.07. The normalized spacial score (nSPS) is 15.0. The second-order valence-corrected chi connectivity index (χ2v) is 7.34. The lowest BCUT2D eigenvalue weighted by atomic mass is 10.2. The molecule has 3 aromatic heterocycles. The van der Waals surface area contributed by atoms with E-state index in [2.05, 4.69) is 25.0 Å². The van der Waals surface area contributed by atoms with Gasteiger partial charge in [0, 0.05) is 49.8 Å². The molecule has 10 heteroatoms. The molecule has 0 radical (unpaired) electrons. The SMILES string of the molecule is Cc1cc(C)n(-c2cc(N3CCN(c4ccnc(C(F)(F)F)c4)CC3)nc(C)n2)n1. The molecule has 4 rings (SSSR count). The highest BCUT2D eigenvalue weighted by Gasteiger charge is 2.33. The van der Waals surface area contributed by atoms with E-state index < -0.39 is 11.9 Å². The molecular weight excluding hydrogens is 395 g/mol. The number of piperazine rings is 1. The highest BCUT2D eigenvalue weighted by atomic mass is 19.4. The molecule has 1 saturated heterocycles. The molecule has 0 aliphatic carbocycles. The van der Waals surface area contributed by atoms with Crippen molar-refractivity contribution in [2.45, 2.75) is 26.9 Å². The number of rotatable bonds is 3. The summed E-state index contributed by atoms with van der Waals surface area (Å²) in [7, 11) is 0. The zero-order chi connectivity index (χ0) is 21.5. The maximum absolute atomic E-state index is 13.0. The van der Waals surface area contributed by atoms with Crippen LogP contribution in [0.15, 0.2) is 30.5 Å². The first kappa shape index (κ1) is 20.1. The number of hydrogen-bond donors (Lipinski definition) is 0. The average Bonchev–Trinajstić information content (AvgIpc) is 3.05. The maximum Gasteiger partial charge on any atom is 0.433 e. The molecule has 1 aliphatic heterocycles. The molecule has 0 amide bonds. The Labute approximate surface area is 172 Å². The van der Waals surface area contributed by atoms with E-state index in [-0.39, 0.29) is 0 Å². The first-order valence-electron chi connectivity index (χ1n) is 9.63. The van der Waals surface area contributed by atoms with Gasteiger partial charge in [-0.05, 0) is 39.0 Å². The fourth-order valence-corrected chi connectivity index (χ4v) is 3.63. The van der Waals surface area contributed by atoms with Crippen molar-refractivity contribution >= 4 is 11.5 Å². The van der Waals surface area contributed by atoms with Crippen molar-refractivity contribution in [3.63, 3.8) is 0 Å². The van der Waals surface area contributed by atoms with Gasteiger partial charge in [-0.15, -0.1) is 0 Å². The van der Waals surface area contributed by atoms with Gasteiger partial charge in [-0.2, -0.15) is 18.3 Å². The fourth-order valence-electron chi connectivity index (χ4n) is 3.63. The van der Waals surface area contributed by atoms with E-state index in [1.54, 1.807) is 10.7 Å². The summed E-state index contributed by atoms with van der Waals surface area (Å²) in [5, 5.41) is 4.49. The number of halogens is 3. The molecule has 0 atom stereocenters. The maximum atomic E-state index is 13.0. The van der Waals surface area contributed by atoms with E-state index in [9.17, 15) is 13.2 Å². The third-order valence-electron chi connectivity index (χ3n) is 5.04. The highest BCUT2D eigenvalue weighted by Crippen LogP contribution is 2.30. The minimum absolute atomic E-state index is 0.527. The van der Waals surface area contributed by atoms with Crippen LogP contribution >= 0.6 is 0 Å². The summed E-state index contributed by atoms with van der Waals surface area (Å²) in [4.78, 5) is 16.6. The summed E-state index contributed by atoms with van der Waals surface area (Å²) in [6, 6.07) is 6.60. The lowest BCUT2D eigenvalue weighted by molar-refractivity contribution is -0.141. The van der Waals surface area contributed by atoms with E-state index in [1.165, 1.54) is 6.20 Å². The summed E-state index contributed by atoms with van der Waals surface area (Å²) < 4.78 is 40.7. The molecule has 0 aromatic carbocycles. The number of aryl methyl sites for hydroxylation is 3. The second-order valence-electron chi connectivity index (χ2n) is 7.34. The monoisotopic (exact) mass is 417 g/mol. The van der Waals surface area contributed by atoms with Gasteiger partial charge in [0.05, 0.1) is 5.69 Å². The molecule has 4 heterocycles. The molecule has 1 aliphatic rings. The van der Waals surface area contributed by atoms with Crippen LogP contribution in [0.2, 0.25) is 0 Å². The smallest absolute Gasteiger partial charge is 0.368 e. The Morgan fingerprint density at radius 3 is 2.17 bits per heavy atom. The fraction of sp³-hybridized carbons (Fsp3) is 0.400. The van der Waals surface area contributed by atoms with Crippen LogP contribution in [-0.4, -0.2) is 50.9 Å². The lowest BCUT2D eigenvalue weighted by Gasteiger charge is -2.37. The van der Waals surface area contributed by atoms with Crippen LogP contribution < -0.4 is 9.80 Å². The molecular formula is C20H22F3N7. The van der Waals surface area contributed by atoms with Crippen molar-refractivity contribution in [1.29, 1.82) is 0 Å². The zero-order valence-electron chi connectivity index (χ0n) is 17.0. The van der Waals surface area contributed by atoms with Crippen molar-refractivity contribution < 1.29 is 13.2 Å². The largest absolute Gasteiger partial charge is 0.433 e. The summed E-state index contributed by atoms with van der Waals surface area (Å²) in [6.45, 7) is 8.18. The first-order chi connectivity index (χ1) is 14.2. The Hall–Kier alpha value is -3.17. The third-order valence-corrected chi connectivity index (χ3v) is 5.04. The number of pyridine rings is 1. The van der Waals surface area contributed by atoms with Gasteiger partial charge in [-0.25, -0.2) is 14.6 Å². The molecule has 0 N–H and O–H groups in total. The van der Waals surface area contributed by atoms with Crippen LogP contribution in [0.4, 0.5) is 24.7 Å². The number of anilines is 2. The Bertz CT molecular complexity index is 1050. The van der Waals surface area contributed by atoms with Gasteiger partial charge in [0.1, 0.15) is 17.3 Å². The first-order valence-corrected chi connectivity index (χ1v) is 9.63. The predicted octanol–water partition coefficient (Wildman–Crippen LogP) is 3.33. The molecule has 3 aromatic rings. The number of nitrogens with zero attached hydrogens (tertiary/aromatic N) is 7. The minimum Gasteiger partial charge on any atom is -0.368 e. The summed E-state index contributed by atoms with van der Waals surface area (Å²) in [5.41, 5.74) is 1.55. The van der Waals surface area contributed by atoms with E-state index in [1.807, 2.05) is 37.8 Å². The van der Waals surface area contributed by atoms with Gasteiger partial charge < -0.3 is 9.80 Å². The molecule has 158 valence electrons. The second kappa shape index (κ2) is 7.58. The highest BCUT2D eigenvalue weighted by molar-refractivity contribution is 5.51. The van der Waals surface area contributed by atoms with Gasteiger partial charge >= 0.3 is 6.18 Å². The van der Waals surface area contributed by atoms with Crippen LogP contribution in [-0.2, 0) is 6.18 Å². The molecule has 7 nitrogen and oxygen atoms in total. The standard InChI is InChI=1S/C20H22F3N7/c1-13-10-14(2)30(27-13)19-12-18(25-15(3)26-19)29-8-6-28(7-9-29)16-4-5-24-17(11-16)20(21,22)23/h4-5,10-12H,6-9H2,1-3H3. The van der Waals surface area contributed by atoms with Crippen LogP contribution in [0, 0.1) is 20.8 Å². The van der Waals surface area contributed by atoms with Crippen molar-refractivity contribution in [1.82, 2.24) is 24.7 Å². The number of alkyl halides is 3. The Morgan fingerprint density at radius 2 is 1.53 bits per heavy atom. The Morgan fingerprint density at radius 1 is 0.867 bits per heavy atom. The van der Waals surface area contributed by atoms with Crippen LogP contribution in [0.3, 0.4) is 0 Å². The van der Waals surface area contributed by atoms with Gasteiger partial charge in [0.15, 0.2) is 5.82 Å². The van der Waals surface area contributed by atoms with Gasteiger partial charge in [0.2, 0.25) is 0 Å². The van der Waals surface area contributed by atoms with Crippen molar-refractivity contribution in [2.24, 2.45) is 0 Å². The van der Waals surface area contributed by atoms with Crippen molar-refractivity contribution in [3.05, 3.63) is 53.4 Å². The van der Waals surface area contributed by atoms with Gasteiger partial charge in [0.25, 0.3) is 0 Å². The van der Waals surface area contributed by atoms with Crippen LogP contribution in [0.1, 0.15) is 22.9 Å². The molecule has 30 heavy (non-hydrogen) atoms.